The van der Waals surface area contributed by atoms with Crippen molar-refractivity contribution in [1.29, 1.82) is 0 Å². The van der Waals surface area contributed by atoms with Crippen molar-refractivity contribution < 1.29 is 5.11 Å². The number of anilines is 1. The third-order valence-electron chi connectivity index (χ3n) is 3.46. The summed E-state index contributed by atoms with van der Waals surface area (Å²) in [6, 6.07) is 6.16. The molecule has 0 aromatic heterocycles. The number of aliphatic hydroxyl groups excluding tert-OH is 1. The molecule has 1 N–H and O–H groups in total. The Bertz CT molecular complexity index is 389. The number of rotatable bonds is 4. The summed E-state index contributed by atoms with van der Waals surface area (Å²) in [6.07, 6.45) is 1.22. The van der Waals surface area contributed by atoms with Gasteiger partial charge in [0, 0.05) is 41.9 Å². The highest BCUT2D eigenvalue weighted by Gasteiger charge is 2.18. The Morgan fingerprint density at radius 3 is 2.56 bits per heavy atom. The highest BCUT2D eigenvalue weighted by molar-refractivity contribution is 9.10. The predicted octanol–water partition coefficient (Wildman–Crippen LogP) is 2.47. The van der Waals surface area contributed by atoms with Crippen molar-refractivity contribution >= 4 is 21.6 Å². The van der Waals surface area contributed by atoms with Crippen LogP contribution in [0.25, 0.3) is 0 Å². The Morgan fingerprint density at radius 1 is 1.22 bits per heavy atom. The molecular weight excluding hydrogens is 292 g/mol. The number of hydrogen-bond acceptors (Lipinski definition) is 3. The maximum absolute atomic E-state index is 9.45. The Labute approximate surface area is 118 Å². The van der Waals surface area contributed by atoms with Crippen LogP contribution in [0.15, 0.2) is 22.7 Å². The molecule has 0 saturated carbocycles. The topological polar surface area (TPSA) is 26.7 Å². The minimum Gasteiger partial charge on any atom is -0.392 e. The summed E-state index contributed by atoms with van der Waals surface area (Å²) in [6.45, 7) is 7.86. The zero-order valence-electron chi connectivity index (χ0n) is 10.9. The predicted molar refractivity (Wildman–Crippen MR) is 79.0 cm³/mol. The van der Waals surface area contributed by atoms with Crippen molar-refractivity contribution in [3.8, 4) is 0 Å². The molecule has 2 rings (SSSR count). The van der Waals surface area contributed by atoms with Gasteiger partial charge >= 0.3 is 0 Å². The standard InChI is InChI=1S/C14H21BrN2O/c1-2-5-16-6-8-17(9-7-16)14-4-3-13(15)10-12(14)11-18/h3-4,10,18H,2,5-9,11H2,1H3. The molecule has 0 radical (unpaired) electrons. The fourth-order valence-corrected chi connectivity index (χ4v) is 2.93. The minimum absolute atomic E-state index is 0.101. The zero-order valence-corrected chi connectivity index (χ0v) is 12.5. The zero-order chi connectivity index (χ0) is 13.0. The fraction of sp³-hybridized carbons (Fsp3) is 0.571. The first-order valence-electron chi connectivity index (χ1n) is 6.61. The summed E-state index contributed by atoms with van der Waals surface area (Å²) < 4.78 is 1.03. The molecule has 4 heteroatoms. The molecule has 0 unspecified atom stereocenters. The van der Waals surface area contributed by atoms with Crippen LogP contribution in [0, 0.1) is 0 Å². The molecule has 0 spiro atoms. The average Bonchev–Trinajstić information content (AvgIpc) is 2.40. The van der Waals surface area contributed by atoms with Crippen LogP contribution in [0.3, 0.4) is 0 Å². The summed E-state index contributed by atoms with van der Waals surface area (Å²) in [4.78, 5) is 4.89. The van der Waals surface area contributed by atoms with E-state index in [0.717, 1.165) is 36.2 Å². The van der Waals surface area contributed by atoms with Crippen LogP contribution in [0.5, 0.6) is 0 Å². The van der Waals surface area contributed by atoms with Crippen molar-refractivity contribution in [2.24, 2.45) is 0 Å². The van der Waals surface area contributed by atoms with Crippen LogP contribution in [-0.2, 0) is 6.61 Å². The summed E-state index contributed by atoms with van der Waals surface area (Å²) in [5, 5.41) is 9.45. The second-order valence-electron chi connectivity index (χ2n) is 4.76. The van der Waals surface area contributed by atoms with Gasteiger partial charge in [-0.15, -0.1) is 0 Å². The molecule has 1 aromatic carbocycles. The Balaban J connectivity index is 2.05. The molecule has 18 heavy (non-hydrogen) atoms. The van der Waals surface area contributed by atoms with Gasteiger partial charge in [-0.05, 0) is 31.2 Å². The van der Waals surface area contributed by atoms with Crippen molar-refractivity contribution in [1.82, 2.24) is 4.90 Å². The smallest absolute Gasteiger partial charge is 0.0702 e. The van der Waals surface area contributed by atoms with Gasteiger partial charge in [0.15, 0.2) is 0 Å². The Morgan fingerprint density at radius 2 is 1.94 bits per heavy atom. The van der Waals surface area contributed by atoms with Crippen LogP contribution in [-0.4, -0.2) is 42.7 Å². The number of hydrogen-bond donors (Lipinski definition) is 1. The molecule has 1 saturated heterocycles. The summed E-state index contributed by atoms with van der Waals surface area (Å²) in [5.41, 5.74) is 2.19. The van der Waals surface area contributed by atoms with E-state index in [4.69, 9.17) is 0 Å². The van der Waals surface area contributed by atoms with Gasteiger partial charge in [0.25, 0.3) is 0 Å². The highest BCUT2D eigenvalue weighted by atomic mass is 79.9. The Hall–Kier alpha value is -0.580. The molecule has 1 fully saturated rings. The normalized spacial score (nSPS) is 17.2. The molecule has 0 atom stereocenters. The van der Waals surface area contributed by atoms with Crippen LogP contribution in [0.4, 0.5) is 5.69 Å². The van der Waals surface area contributed by atoms with Crippen LogP contribution in [0.1, 0.15) is 18.9 Å². The van der Waals surface area contributed by atoms with E-state index in [2.05, 4.69) is 38.7 Å². The first-order chi connectivity index (χ1) is 8.74. The molecule has 100 valence electrons. The summed E-state index contributed by atoms with van der Waals surface area (Å²) in [5.74, 6) is 0. The van der Waals surface area contributed by atoms with E-state index < -0.39 is 0 Å². The number of aliphatic hydroxyl groups is 1. The maximum Gasteiger partial charge on any atom is 0.0702 e. The van der Waals surface area contributed by atoms with Gasteiger partial charge in [-0.2, -0.15) is 0 Å². The molecule has 3 nitrogen and oxygen atoms in total. The lowest BCUT2D eigenvalue weighted by molar-refractivity contribution is 0.256. The lowest BCUT2D eigenvalue weighted by atomic mass is 10.1. The summed E-state index contributed by atoms with van der Waals surface area (Å²) >= 11 is 3.45. The molecule has 1 aliphatic heterocycles. The maximum atomic E-state index is 9.45. The summed E-state index contributed by atoms with van der Waals surface area (Å²) in [7, 11) is 0. The van der Waals surface area contributed by atoms with Crippen LogP contribution < -0.4 is 4.90 Å². The first-order valence-corrected chi connectivity index (χ1v) is 7.40. The van der Waals surface area contributed by atoms with E-state index in [-0.39, 0.29) is 6.61 Å². The molecule has 0 bridgehead atoms. The molecule has 1 aromatic rings. The van der Waals surface area contributed by atoms with Gasteiger partial charge in [-0.25, -0.2) is 0 Å². The van der Waals surface area contributed by atoms with Crippen molar-refractivity contribution in [3.05, 3.63) is 28.2 Å². The quantitative estimate of drug-likeness (QED) is 0.925. The molecular formula is C14H21BrN2O. The van der Waals surface area contributed by atoms with Crippen molar-refractivity contribution in [2.45, 2.75) is 20.0 Å². The van der Waals surface area contributed by atoms with E-state index in [1.54, 1.807) is 0 Å². The van der Waals surface area contributed by atoms with Crippen LogP contribution in [0.2, 0.25) is 0 Å². The SMILES string of the molecule is CCCN1CCN(c2ccc(Br)cc2CO)CC1. The largest absolute Gasteiger partial charge is 0.392 e. The Kier molecular flexibility index (Phi) is 5.03. The van der Waals surface area contributed by atoms with Gasteiger partial charge in [-0.3, -0.25) is 4.90 Å². The first kappa shape index (κ1) is 13.8. The highest BCUT2D eigenvalue weighted by Crippen LogP contribution is 2.25. The van der Waals surface area contributed by atoms with E-state index in [1.165, 1.54) is 18.7 Å². The van der Waals surface area contributed by atoms with Gasteiger partial charge in [0.05, 0.1) is 6.61 Å². The lowest BCUT2D eigenvalue weighted by Gasteiger charge is -2.36. The third kappa shape index (κ3) is 3.25. The van der Waals surface area contributed by atoms with Crippen molar-refractivity contribution in [2.75, 3.05) is 37.6 Å². The minimum atomic E-state index is 0.101. The van der Waals surface area contributed by atoms with Gasteiger partial charge in [0.2, 0.25) is 0 Å². The van der Waals surface area contributed by atoms with Gasteiger partial charge in [0.1, 0.15) is 0 Å². The molecule has 1 heterocycles. The molecule has 1 aliphatic rings. The van der Waals surface area contributed by atoms with Crippen LogP contribution >= 0.6 is 15.9 Å². The number of nitrogens with zero attached hydrogens (tertiary/aromatic N) is 2. The van der Waals surface area contributed by atoms with E-state index in [0.29, 0.717) is 0 Å². The second-order valence-corrected chi connectivity index (χ2v) is 5.68. The molecule has 0 amide bonds. The molecule has 0 aliphatic carbocycles. The fourth-order valence-electron chi connectivity index (χ4n) is 2.52. The second kappa shape index (κ2) is 6.55. The number of benzene rings is 1. The van der Waals surface area contributed by atoms with E-state index >= 15 is 0 Å². The van der Waals surface area contributed by atoms with Gasteiger partial charge < -0.3 is 10.0 Å². The van der Waals surface area contributed by atoms with Crippen molar-refractivity contribution in [3.63, 3.8) is 0 Å². The third-order valence-corrected chi connectivity index (χ3v) is 3.96. The van der Waals surface area contributed by atoms with E-state index in [9.17, 15) is 5.11 Å². The monoisotopic (exact) mass is 312 g/mol. The average molecular weight is 313 g/mol. The lowest BCUT2D eigenvalue weighted by Crippen LogP contribution is -2.46. The number of piperazine rings is 1. The van der Waals surface area contributed by atoms with Gasteiger partial charge in [-0.1, -0.05) is 22.9 Å². The number of halogens is 1. The van der Waals surface area contributed by atoms with E-state index in [1.807, 2.05) is 12.1 Å².